The van der Waals surface area contributed by atoms with Gasteiger partial charge in [0.15, 0.2) is 0 Å². The molecule has 3 nitrogen and oxygen atoms in total. The van der Waals surface area contributed by atoms with Gasteiger partial charge in [-0.25, -0.2) is 0 Å². The fraction of sp³-hybridized carbons (Fsp3) is 1.00. The van der Waals surface area contributed by atoms with Crippen LogP contribution in [0.15, 0.2) is 0 Å². The summed E-state index contributed by atoms with van der Waals surface area (Å²) in [4.78, 5) is 5.10. The second kappa shape index (κ2) is 5.99. The predicted molar refractivity (Wildman–Crippen MR) is 68.7 cm³/mol. The Hall–Kier alpha value is -0.120. The summed E-state index contributed by atoms with van der Waals surface area (Å²) >= 11 is 0. The van der Waals surface area contributed by atoms with Gasteiger partial charge in [-0.2, -0.15) is 0 Å². The molecular formula is C13H27N3. The molecule has 0 radical (unpaired) electrons. The lowest BCUT2D eigenvalue weighted by Gasteiger charge is -2.25. The van der Waals surface area contributed by atoms with E-state index in [1.54, 1.807) is 0 Å². The number of likely N-dealkylation sites (tertiary alicyclic amines) is 1. The lowest BCUT2D eigenvalue weighted by atomic mass is 10.2. The number of nitrogens with one attached hydrogen (secondary N) is 1. The highest BCUT2D eigenvalue weighted by Gasteiger charge is 2.30. The first-order valence-electron chi connectivity index (χ1n) is 6.88. The van der Waals surface area contributed by atoms with Gasteiger partial charge in [-0.15, -0.1) is 0 Å². The Morgan fingerprint density at radius 1 is 1.31 bits per heavy atom. The minimum Gasteiger partial charge on any atom is -0.315 e. The van der Waals surface area contributed by atoms with Crippen molar-refractivity contribution in [1.29, 1.82) is 0 Å². The fourth-order valence-corrected chi connectivity index (χ4v) is 2.72. The molecule has 0 aromatic heterocycles. The van der Waals surface area contributed by atoms with E-state index in [0.717, 1.165) is 12.0 Å². The van der Waals surface area contributed by atoms with Crippen molar-refractivity contribution in [1.82, 2.24) is 15.1 Å². The molecule has 16 heavy (non-hydrogen) atoms. The average Bonchev–Trinajstić information content (AvgIpc) is 3.00. The number of hydrogen-bond donors (Lipinski definition) is 1. The fourth-order valence-electron chi connectivity index (χ4n) is 2.72. The molecule has 0 aromatic carbocycles. The van der Waals surface area contributed by atoms with Gasteiger partial charge in [0.05, 0.1) is 0 Å². The van der Waals surface area contributed by atoms with E-state index in [-0.39, 0.29) is 0 Å². The van der Waals surface area contributed by atoms with Crippen LogP contribution in [0.1, 0.15) is 25.7 Å². The van der Waals surface area contributed by atoms with Crippen LogP contribution >= 0.6 is 0 Å². The summed E-state index contributed by atoms with van der Waals surface area (Å²) in [6, 6.07) is 0.726. The topological polar surface area (TPSA) is 18.5 Å². The van der Waals surface area contributed by atoms with Crippen molar-refractivity contribution in [3.63, 3.8) is 0 Å². The van der Waals surface area contributed by atoms with Crippen LogP contribution in [0.5, 0.6) is 0 Å². The summed E-state index contributed by atoms with van der Waals surface area (Å²) in [5.41, 5.74) is 0. The zero-order chi connectivity index (χ0) is 11.4. The van der Waals surface area contributed by atoms with Crippen molar-refractivity contribution in [2.24, 2.45) is 5.92 Å². The van der Waals surface area contributed by atoms with Gasteiger partial charge in [-0.3, -0.25) is 0 Å². The third-order valence-electron chi connectivity index (χ3n) is 4.07. The number of likely N-dealkylation sites (N-methyl/N-ethyl adjacent to an activating group) is 2. The Kier molecular flexibility index (Phi) is 4.62. The van der Waals surface area contributed by atoms with Crippen LogP contribution in [-0.2, 0) is 0 Å². The molecule has 1 saturated carbocycles. The van der Waals surface area contributed by atoms with Crippen LogP contribution in [0.25, 0.3) is 0 Å². The van der Waals surface area contributed by atoms with E-state index in [1.807, 2.05) is 0 Å². The van der Waals surface area contributed by atoms with Gasteiger partial charge in [-0.05, 0) is 58.8 Å². The summed E-state index contributed by atoms with van der Waals surface area (Å²) in [6.07, 6.45) is 5.69. The lowest BCUT2D eigenvalue weighted by Crippen LogP contribution is -2.41. The van der Waals surface area contributed by atoms with Gasteiger partial charge >= 0.3 is 0 Å². The summed E-state index contributed by atoms with van der Waals surface area (Å²) in [5, 5.41) is 3.47. The van der Waals surface area contributed by atoms with Gasteiger partial charge in [0.1, 0.15) is 0 Å². The summed E-state index contributed by atoms with van der Waals surface area (Å²) in [7, 11) is 4.38. The SMILES string of the molecule is CNC(CN(C)CCN1CCCC1)C1CC1. The molecule has 94 valence electrons. The van der Waals surface area contributed by atoms with Crippen molar-refractivity contribution in [2.75, 3.05) is 46.8 Å². The van der Waals surface area contributed by atoms with E-state index in [4.69, 9.17) is 0 Å². The van der Waals surface area contributed by atoms with E-state index < -0.39 is 0 Å². The highest BCUT2D eigenvalue weighted by molar-refractivity contribution is 4.87. The first kappa shape index (κ1) is 12.3. The monoisotopic (exact) mass is 225 g/mol. The molecule has 0 bridgehead atoms. The molecule has 2 aliphatic rings. The van der Waals surface area contributed by atoms with Gasteiger partial charge < -0.3 is 15.1 Å². The minimum absolute atomic E-state index is 0.726. The Labute approximate surface area is 100 Å². The molecule has 0 amide bonds. The molecule has 1 unspecified atom stereocenters. The molecule has 1 atom stereocenters. The van der Waals surface area contributed by atoms with E-state index in [0.29, 0.717) is 0 Å². The van der Waals surface area contributed by atoms with Crippen LogP contribution in [0.4, 0.5) is 0 Å². The smallest absolute Gasteiger partial charge is 0.0220 e. The zero-order valence-electron chi connectivity index (χ0n) is 10.9. The molecule has 2 fully saturated rings. The normalized spacial score (nSPS) is 24.2. The second-order valence-corrected chi connectivity index (χ2v) is 5.54. The van der Waals surface area contributed by atoms with Gasteiger partial charge in [-0.1, -0.05) is 0 Å². The van der Waals surface area contributed by atoms with Crippen molar-refractivity contribution in [2.45, 2.75) is 31.7 Å². The Morgan fingerprint density at radius 2 is 2.00 bits per heavy atom. The van der Waals surface area contributed by atoms with Crippen LogP contribution in [0.3, 0.4) is 0 Å². The van der Waals surface area contributed by atoms with Crippen LogP contribution in [0.2, 0.25) is 0 Å². The van der Waals surface area contributed by atoms with E-state index in [2.05, 4.69) is 29.2 Å². The van der Waals surface area contributed by atoms with Crippen LogP contribution in [0, 0.1) is 5.92 Å². The molecule has 1 heterocycles. The molecule has 1 aliphatic carbocycles. The molecule has 3 heteroatoms. The number of nitrogens with zero attached hydrogens (tertiary/aromatic N) is 2. The maximum atomic E-state index is 3.47. The maximum Gasteiger partial charge on any atom is 0.0220 e. The van der Waals surface area contributed by atoms with E-state index in [1.165, 1.54) is 58.4 Å². The highest BCUT2D eigenvalue weighted by Crippen LogP contribution is 2.32. The number of rotatable bonds is 7. The van der Waals surface area contributed by atoms with Crippen molar-refractivity contribution < 1.29 is 0 Å². The van der Waals surface area contributed by atoms with E-state index >= 15 is 0 Å². The van der Waals surface area contributed by atoms with Crippen molar-refractivity contribution in [3.05, 3.63) is 0 Å². The second-order valence-electron chi connectivity index (χ2n) is 5.54. The Balaban J connectivity index is 1.60. The van der Waals surface area contributed by atoms with Gasteiger partial charge in [0, 0.05) is 25.7 Å². The molecule has 1 saturated heterocycles. The van der Waals surface area contributed by atoms with Crippen LogP contribution in [-0.4, -0.2) is 62.7 Å². The van der Waals surface area contributed by atoms with Gasteiger partial charge in [0.25, 0.3) is 0 Å². The third-order valence-corrected chi connectivity index (χ3v) is 4.07. The molecule has 0 aromatic rings. The Bertz CT molecular complexity index is 197. The predicted octanol–water partition coefficient (Wildman–Crippen LogP) is 1.01. The molecule has 2 rings (SSSR count). The van der Waals surface area contributed by atoms with Crippen LogP contribution < -0.4 is 5.32 Å². The highest BCUT2D eigenvalue weighted by atomic mass is 15.2. The molecular weight excluding hydrogens is 198 g/mol. The number of hydrogen-bond acceptors (Lipinski definition) is 3. The molecule has 1 aliphatic heterocycles. The first-order chi connectivity index (χ1) is 7.79. The van der Waals surface area contributed by atoms with Crippen molar-refractivity contribution >= 4 is 0 Å². The summed E-state index contributed by atoms with van der Waals surface area (Å²) < 4.78 is 0. The molecule has 0 spiro atoms. The zero-order valence-corrected chi connectivity index (χ0v) is 10.9. The summed E-state index contributed by atoms with van der Waals surface area (Å²) in [5.74, 6) is 0.958. The Morgan fingerprint density at radius 3 is 2.56 bits per heavy atom. The third kappa shape index (κ3) is 3.72. The largest absolute Gasteiger partial charge is 0.315 e. The van der Waals surface area contributed by atoms with E-state index in [9.17, 15) is 0 Å². The van der Waals surface area contributed by atoms with Gasteiger partial charge in [0.2, 0.25) is 0 Å². The average molecular weight is 225 g/mol. The quantitative estimate of drug-likeness (QED) is 0.698. The lowest BCUT2D eigenvalue weighted by molar-refractivity contribution is 0.234. The van der Waals surface area contributed by atoms with Crippen molar-refractivity contribution in [3.8, 4) is 0 Å². The maximum absolute atomic E-state index is 3.47. The first-order valence-corrected chi connectivity index (χ1v) is 6.88. The minimum atomic E-state index is 0.726. The standard InChI is InChI=1S/C13H27N3/c1-14-13(12-5-6-12)11-15(2)9-10-16-7-3-4-8-16/h12-14H,3-11H2,1-2H3. The summed E-state index contributed by atoms with van der Waals surface area (Å²) in [6.45, 7) is 6.36. The molecule has 1 N–H and O–H groups in total.